The van der Waals surface area contributed by atoms with Crippen LogP contribution in [0.15, 0.2) is 24.3 Å². The number of piperazine rings is 1. The van der Waals surface area contributed by atoms with Crippen molar-refractivity contribution in [2.75, 3.05) is 59.6 Å². The van der Waals surface area contributed by atoms with E-state index in [0.717, 1.165) is 37.3 Å². The molecule has 1 aromatic carbocycles. The monoisotopic (exact) mass is 539 g/mol. The summed E-state index contributed by atoms with van der Waals surface area (Å²) in [5.74, 6) is -0.638. The van der Waals surface area contributed by atoms with Crippen molar-refractivity contribution in [3.63, 3.8) is 0 Å². The summed E-state index contributed by atoms with van der Waals surface area (Å²) in [6.45, 7) is 9.58. The largest absolute Gasteiger partial charge is 0.462 e. The Bertz CT molecular complexity index is 1150. The minimum atomic E-state index is -0.458. The molecule has 2 aromatic rings. The Labute approximate surface area is 230 Å². The normalized spacial score (nSPS) is 18.0. The van der Waals surface area contributed by atoms with E-state index in [1.54, 1.807) is 24.3 Å². The van der Waals surface area contributed by atoms with Gasteiger partial charge in [0.05, 0.1) is 29.1 Å². The van der Waals surface area contributed by atoms with Crippen LogP contribution >= 0.6 is 0 Å². The molecule has 2 aliphatic rings. The average molecular weight is 540 g/mol. The van der Waals surface area contributed by atoms with Crippen LogP contribution in [0.3, 0.4) is 0 Å². The Balaban J connectivity index is 1.39. The summed E-state index contributed by atoms with van der Waals surface area (Å²) in [5.41, 5.74) is 3.22. The molecule has 0 aliphatic carbocycles. The van der Waals surface area contributed by atoms with Gasteiger partial charge in [0.15, 0.2) is 0 Å². The van der Waals surface area contributed by atoms with E-state index >= 15 is 0 Å². The lowest BCUT2D eigenvalue weighted by atomic mass is 10.1. The number of esters is 1. The maximum atomic E-state index is 13.0. The molecule has 1 fully saturated rings. The van der Waals surface area contributed by atoms with Crippen LogP contribution in [-0.2, 0) is 28.9 Å². The highest BCUT2D eigenvalue weighted by atomic mass is 16.5. The van der Waals surface area contributed by atoms with Crippen LogP contribution in [0.4, 0.5) is 0 Å². The molecule has 212 valence electrons. The molecule has 39 heavy (non-hydrogen) atoms. The van der Waals surface area contributed by atoms with Gasteiger partial charge in [0, 0.05) is 64.0 Å². The number of benzene rings is 1. The molecule has 3 heterocycles. The maximum absolute atomic E-state index is 13.0. The van der Waals surface area contributed by atoms with E-state index in [1.807, 2.05) is 30.5 Å². The van der Waals surface area contributed by atoms with Crippen molar-refractivity contribution in [3.8, 4) is 0 Å². The minimum Gasteiger partial charge on any atom is -0.462 e. The maximum Gasteiger partial charge on any atom is 0.338 e. The molecule has 1 saturated heterocycles. The van der Waals surface area contributed by atoms with Crippen molar-refractivity contribution in [1.29, 1.82) is 0 Å². The van der Waals surface area contributed by atoms with E-state index in [1.165, 1.54) is 0 Å². The second-order valence-corrected chi connectivity index (χ2v) is 10.5. The van der Waals surface area contributed by atoms with Gasteiger partial charge >= 0.3 is 5.97 Å². The van der Waals surface area contributed by atoms with E-state index in [-0.39, 0.29) is 24.3 Å². The number of carbonyl (C=O) groups excluding carboxylic acids is 3. The summed E-state index contributed by atoms with van der Waals surface area (Å²) >= 11 is 0. The fourth-order valence-corrected chi connectivity index (χ4v) is 5.00. The highest BCUT2D eigenvalue weighted by molar-refractivity contribution is 5.98. The van der Waals surface area contributed by atoms with E-state index in [0.29, 0.717) is 68.9 Å². The van der Waals surface area contributed by atoms with Gasteiger partial charge < -0.3 is 24.6 Å². The molecule has 0 radical (unpaired) electrons. The lowest BCUT2D eigenvalue weighted by Crippen LogP contribution is -2.47. The number of aryl methyl sites for hydroxylation is 1. The predicted molar refractivity (Wildman–Crippen MR) is 147 cm³/mol. The smallest absolute Gasteiger partial charge is 0.338 e. The van der Waals surface area contributed by atoms with Crippen LogP contribution in [0.1, 0.15) is 69.2 Å². The Morgan fingerprint density at radius 2 is 1.87 bits per heavy atom. The highest BCUT2D eigenvalue weighted by Gasteiger charge is 2.25. The Morgan fingerprint density at radius 1 is 1.13 bits per heavy atom. The van der Waals surface area contributed by atoms with Crippen molar-refractivity contribution in [2.24, 2.45) is 5.92 Å². The molecule has 0 bridgehead atoms. The third-order valence-corrected chi connectivity index (χ3v) is 7.26. The first-order valence-electron chi connectivity index (χ1n) is 14.1. The molecule has 0 spiro atoms. The van der Waals surface area contributed by atoms with Crippen LogP contribution in [0, 0.1) is 5.92 Å². The van der Waals surface area contributed by atoms with Gasteiger partial charge in [-0.25, -0.2) is 4.79 Å². The zero-order valence-electron chi connectivity index (χ0n) is 23.4. The number of rotatable bonds is 7. The Kier molecular flexibility index (Phi) is 10.1. The quantitative estimate of drug-likeness (QED) is 0.539. The molecule has 0 saturated carbocycles. The molecule has 2 amide bonds. The first-order chi connectivity index (χ1) is 18.9. The van der Waals surface area contributed by atoms with Gasteiger partial charge in [-0.2, -0.15) is 5.10 Å². The molecular weight excluding hydrogens is 498 g/mol. The fraction of sp³-hybridized carbons (Fsp3) is 0.586. The van der Waals surface area contributed by atoms with Crippen molar-refractivity contribution < 1.29 is 23.9 Å². The van der Waals surface area contributed by atoms with Gasteiger partial charge in [-0.1, -0.05) is 19.9 Å². The molecule has 10 nitrogen and oxygen atoms in total. The van der Waals surface area contributed by atoms with Gasteiger partial charge in [-0.15, -0.1) is 0 Å². The van der Waals surface area contributed by atoms with E-state index in [9.17, 15) is 14.4 Å². The fourth-order valence-electron chi connectivity index (χ4n) is 5.00. The number of ether oxygens (including phenoxy) is 2. The number of likely N-dealkylation sites (N-methyl/N-ethyl adjacent to an activating group) is 1. The van der Waals surface area contributed by atoms with Crippen molar-refractivity contribution in [3.05, 3.63) is 52.3 Å². The van der Waals surface area contributed by atoms with Crippen LogP contribution in [-0.4, -0.2) is 97.0 Å². The second kappa shape index (κ2) is 13.7. The van der Waals surface area contributed by atoms with Crippen LogP contribution in [0.2, 0.25) is 0 Å². The highest BCUT2D eigenvalue weighted by Crippen LogP contribution is 2.20. The second-order valence-electron chi connectivity index (χ2n) is 10.5. The van der Waals surface area contributed by atoms with Gasteiger partial charge in [-0.3, -0.25) is 14.3 Å². The summed E-state index contributed by atoms with van der Waals surface area (Å²) in [6.07, 6.45) is 2.94. The van der Waals surface area contributed by atoms with Crippen molar-refractivity contribution in [1.82, 2.24) is 24.9 Å². The standard InChI is InChI=1S/C29H41N5O5/c1-4-24-26-25(10-6-16-38-17-7-11-30-27(26)35)34(31-24)19-21(2)20-39-29(37)23-9-5-8-22(18-23)28(36)33-14-12-32(3)13-15-33/h5,8-9,18,21H,4,6-7,10-17,19-20H2,1-3H3,(H,30,35)/t21-/m1/s1. The van der Waals surface area contributed by atoms with Gasteiger partial charge in [0.2, 0.25) is 0 Å². The first-order valence-corrected chi connectivity index (χ1v) is 14.1. The Hall–Kier alpha value is -3.24. The van der Waals surface area contributed by atoms with Crippen LogP contribution in [0.5, 0.6) is 0 Å². The van der Waals surface area contributed by atoms with Gasteiger partial charge in [-0.05, 0) is 50.9 Å². The number of aromatic nitrogens is 2. The SMILES string of the molecule is CCc1nn(C[C@@H](C)COC(=O)c2cccc(C(=O)N3CCN(C)CC3)c2)c2c1C(=O)NCCCOCCC2. The number of amides is 2. The number of hydrogen-bond donors (Lipinski definition) is 1. The molecule has 10 heteroatoms. The summed E-state index contributed by atoms with van der Waals surface area (Å²) in [6, 6.07) is 6.75. The predicted octanol–water partition coefficient (Wildman–Crippen LogP) is 2.41. The van der Waals surface area contributed by atoms with E-state index in [2.05, 4.69) is 10.2 Å². The number of carbonyl (C=O) groups is 3. The molecular formula is C29H41N5O5. The third-order valence-electron chi connectivity index (χ3n) is 7.26. The van der Waals surface area contributed by atoms with E-state index in [4.69, 9.17) is 14.6 Å². The summed E-state index contributed by atoms with van der Waals surface area (Å²) in [4.78, 5) is 42.8. The number of hydrogen-bond acceptors (Lipinski definition) is 7. The molecule has 1 aromatic heterocycles. The zero-order chi connectivity index (χ0) is 27.8. The van der Waals surface area contributed by atoms with Crippen LogP contribution < -0.4 is 5.32 Å². The van der Waals surface area contributed by atoms with Crippen molar-refractivity contribution in [2.45, 2.75) is 46.1 Å². The first kappa shape index (κ1) is 28.8. The Morgan fingerprint density at radius 3 is 2.64 bits per heavy atom. The average Bonchev–Trinajstić information content (AvgIpc) is 3.27. The lowest BCUT2D eigenvalue weighted by molar-refractivity contribution is 0.0435. The number of nitrogens with zero attached hydrogens (tertiary/aromatic N) is 4. The number of fused-ring (bicyclic) bond motifs is 1. The molecule has 1 N–H and O–H groups in total. The molecule has 2 aliphatic heterocycles. The minimum absolute atomic E-state index is 0.0321. The zero-order valence-corrected chi connectivity index (χ0v) is 23.4. The summed E-state index contributed by atoms with van der Waals surface area (Å²) in [7, 11) is 2.04. The third kappa shape index (κ3) is 7.45. The summed E-state index contributed by atoms with van der Waals surface area (Å²) < 4.78 is 13.2. The van der Waals surface area contributed by atoms with E-state index < -0.39 is 5.97 Å². The molecule has 1 atom stereocenters. The molecule has 4 rings (SSSR count). The molecule has 0 unspecified atom stereocenters. The van der Waals surface area contributed by atoms with Crippen LogP contribution in [0.25, 0.3) is 0 Å². The van der Waals surface area contributed by atoms with Gasteiger partial charge in [0.1, 0.15) is 0 Å². The van der Waals surface area contributed by atoms with Gasteiger partial charge in [0.25, 0.3) is 11.8 Å². The van der Waals surface area contributed by atoms with Crippen molar-refractivity contribution >= 4 is 17.8 Å². The summed E-state index contributed by atoms with van der Waals surface area (Å²) in [5, 5.41) is 7.76. The topological polar surface area (TPSA) is 106 Å². The lowest BCUT2D eigenvalue weighted by Gasteiger charge is -2.32. The number of nitrogens with one attached hydrogen (secondary N) is 1.